The summed E-state index contributed by atoms with van der Waals surface area (Å²) < 4.78 is 1.24. The molecule has 0 aromatic heterocycles. The third kappa shape index (κ3) is 5.00. The van der Waals surface area contributed by atoms with Crippen molar-refractivity contribution >= 4 is 21.6 Å². The van der Waals surface area contributed by atoms with Gasteiger partial charge in [0.2, 0.25) is 0 Å². The van der Waals surface area contributed by atoms with E-state index >= 15 is 0 Å². The molecule has 1 saturated carbocycles. The smallest absolute Gasteiger partial charge is 0.0510 e. The topological polar surface area (TPSA) is 15.3 Å². The quantitative estimate of drug-likeness (QED) is 0.662. The maximum atomic E-state index is 3.80. The minimum atomic E-state index is 0.415. The molecular weight excluding hydrogens is 324 g/mol. The van der Waals surface area contributed by atoms with E-state index in [4.69, 9.17) is 0 Å². The van der Waals surface area contributed by atoms with Crippen molar-refractivity contribution in [3.05, 3.63) is 28.2 Å². The fraction of sp³-hybridized carbons (Fsp3) is 0.667. The minimum absolute atomic E-state index is 0.415. The number of anilines is 1. The van der Waals surface area contributed by atoms with E-state index in [0.717, 1.165) is 19.0 Å². The van der Waals surface area contributed by atoms with Crippen LogP contribution in [0.2, 0.25) is 0 Å². The van der Waals surface area contributed by atoms with Crippen LogP contribution >= 0.6 is 15.9 Å². The number of halogens is 1. The number of benzene rings is 1. The van der Waals surface area contributed by atoms with Gasteiger partial charge in [-0.05, 0) is 78.7 Å². The van der Waals surface area contributed by atoms with E-state index in [-0.39, 0.29) is 0 Å². The zero-order valence-corrected chi connectivity index (χ0v) is 15.2. The van der Waals surface area contributed by atoms with Crippen LogP contribution in [-0.2, 0) is 0 Å². The van der Waals surface area contributed by atoms with Crippen LogP contribution in [0.5, 0.6) is 0 Å². The summed E-state index contributed by atoms with van der Waals surface area (Å²) in [5.74, 6) is 0.924. The predicted molar refractivity (Wildman–Crippen MR) is 96.1 cm³/mol. The van der Waals surface area contributed by atoms with Crippen LogP contribution in [0.4, 0.5) is 5.69 Å². The lowest BCUT2D eigenvalue weighted by Gasteiger charge is -2.26. The molecule has 0 saturated heterocycles. The van der Waals surface area contributed by atoms with Crippen LogP contribution in [0.25, 0.3) is 0 Å². The maximum absolute atomic E-state index is 3.80. The van der Waals surface area contributed by atoms with Crippen molar-refractivity contribution in [1.29, 1.82) is 0 Å². The molecule has 0 heterocycles. The lowest BCUT2D eigenvalue weighted by atomic mass is 10.1. The number of hydrogen-bond donors (Lipinski definition) is 1. The fourth-order valence-corrected chi connectivity index (χ4v) is 3.37. The van der Waals surface area contributed by atoms with E-state index < -0.39 is 0 Å². The van der Waals surface area contributed by atoms with Gasteiger partial charge in [-0.3, -0.25) is 0 Å². The molecule has 0 bridgehead atoms. The van der Waals surface area contributed by atoms with Crippen molar-refractivity contribution < 1.29 is 0 Å². The molecule has 1 fully saturated rings. The molecule has 21 heavy (non-hydrogen) atoms. The van der Waals surface area contributed by atoms with E-state index in [1.807, 2.05) is 0 Å². The molecular formula is C18H29BrN2. The van der Waals surface area contributed by atoms with Gasteiger partial charge in [-0.2, -0.15) is 0 Å². The summed E-state index contributed by atoms with van der Waals surface area (Å²) in [5, 5.41) is 3.56. The predicted octanol–water partition coefficient (Wildman–Crippen LogP) is 5.14. The summed E-state index contributed by atoms with van der Waals surface area (Å²) in [6.45, 7) is 10.2. The zero-order chi connectivity index (χ0) is 15.2. The van der Waals surface area contributed by atoms with Crippen LogP contribution in [-0.4, -0.2) is 19.6 Å². The van der Waals surface area contributed by atoms with Gasteiger partial charge in [0.25, 0.3) is 0 Å². The maximum Gasteiger partial charge on any atom is 0.0510 e. The molecule has 1 aliphatic carbocycles. The SMILES string of the molecule is CCCNC(C)c1ccc(N(CCC)CC2CC2)c(Br)c1. The average molecular weight is 353 g/mol. The number of nitrogens with zero attached hydrogens (tertiary/aromatic N) is 1. The van der Waals surface area contributed by atoms with Gasteiger partial charge in [-0.25, -0.2) is 0 Å². The van der Waals surface area contributed by atoms with E-state index in [1.54, 1.807) is 0 Å². The van der Waals surface area contributed by atoms with Gasteiger partial charge in [0.1, 0.15) is 0 Å². The first kappa shape index (κ1) is 16.8. The Morgan fingerprint density at radius 1 is 1.29 bits per heavy atom. The second-order valence-electron chi connectivity index (χ2n) is 6.28. The minimum Gasteiger partial charge on any atom is -0.370 e. The Morgan fingerprint density at radius 3 is 2.62 bits per heavy atom. The van der Waals surface area contributed by atoms with Crippen molar-refractivity contribution in [1.82, 2.24) is 5.32 Å². The fourth-order valence-electron chi connectivity index (χ4n) is 2.72. The highest BCUT2D eigenvalue weighted by Crippen LogP contribution is 2.35. The van der Waals surface area contributed by atoms with Gasteiger partial charge in [0.15, 0.2) is 0 Å². The second kappa shape index (κ2) is 8.19. The lowest BCUT2D eigenvalue weighted by Crippen LogP contribution is -2.27. The molecule has 118 valence electrons. The van der Waals surface area contributed by atoms with Crippen LogP contribution in [0.3, 0.4) is 0 Å². The van der Waals surface area contributed by atoms with Gasteiger partial charge in [-0.15, -0.1) is 0 Å². The highest BCUT2D eigenvalue weighted by Gasteiger charge is 2.25. The highest BCUT2D eigenvalue weighted by molar-refractivity contribution is 9.10. The molecule has 1 unspecified atom stereocenters. The van der Waals surface area contributed by atoms with Crippen LogP contribution in [0.1, 0.15) is 58.1 Å². The third-order valence-corrected chi connectivity index (χ3v) is 4.82. The molecule has 0 spiro atoms. The normalized spacial score (nSPS) is 16.0. The van der Waals surface area contributed by atoms with E-state index in [9.17, 15) is 0 Å². The molecule has 2 rings (SSSR count). The van der Waals surface area contributed by atoms with Crippen LogP contribution < -0.4 is 10.2 Å². The molecule has 3 heteroatoms. The van der Waals surface area contributed by atoms with Gasteiger partial charge in [-0.1, -0.05) is 19.9 Å². The van der Waals surface area contributed by atoms with Crippen molar-refractivity contribution in [2.45, 2.75) is 52.5 Å². The number of nitrogens with one attached hydrogen (secondary N) is 1. The molecule has 1 aromatic rings. The Morgan fingerprint density at radius 2 is 2.05 bits per heavy atom. The Bertz CT molecular complexity index is 443. The van der Waals surface area contributed by atoms with Crippen molar-refractivity contribution in [3.8, 4) is 0 Å². The highest BCUT2D eigenvalue weighted by atomic mass is 79.9. The third-order valence-electron chi connectivity index (χ3n) is 4.18. The molecule has 2 nitrogen and oxygen atoms in total. The summed E-state index contributed by atoms with van der Waals surface area (Å²) >= 11 is 3.80. The first-order valence-corrected chi connectivity index (χ1v) is 9.22. The molecule has 1 atom stereocenters. The van der Waals surface area contributed by atoms with E-state index in [1.165, 1.54) is 48.0 Å². The number of hydrogen-bond acceptors (Lipinski definition) is 2. The summed E-state index contributed by atoms with van der Waals surface area (Å²) in [4.78, 5) is 2.55. The lowest BCUT2D eigenvalue weighted by molar-refractivity contribution is 0.570. The molecule has 1 aromatic carbocycles. The van der Waals surface area contributed by atoms with Crippen LogP contribution in [0, 0.1) is 5.92 Å². The Kier molecular flexibility index (Phi) is 6.56. The van der Waals surface area contributed by atoms with Crippen LogP contribution in [0.15, 0.2) is 22.7 Å². The first-order chi connectivity index (χ1) is 10.2. The standard InChI is InChI=1S/C18H29BrN2/c1-4-10-20-14(3)16-8-9-18(17(19)12-16)21(11-5-2)13-15-6-7-15/h8-9,12,14-15,20H,4-7,10-11,13H2,1-3H3. The largest absolute Gasteiger partial charge is 0.370 e. The Hall–Kier alpha value is -0.540. The van der Waals surface area contributed by atoms with Gasteiger partial charge < -0.3 is 10.2 Å². The first-order valence-electron chi connectivity index (χ1n) is 8.43. The monoisotopic (exact) mass is 352 g/mol. The second-order valence-corrected chi connectivity index (χ2v) is 7.13. The summed E-state index contributed by atoms with van der Waals surface area (Å²) in [7, 11) is 0. The summed E-state index contributed by atoms with van der Waals surface area (Å²) in [6, 6.07) is 7.28. The van der Waals surface area contributed by atoms with Gasteiger partial charge in [0, 0.05) is 23.6 Å². The summed E-state index contributed by atoms with van der Waals surface area (Å²) in [5.41, 5.74) is 2.72. The summed E-state index contributed by atoms with van der Waals surface area (Å²) in [6.07, 6.45) is 5.20. The van der Waals surface area contributed by atoms with Gasteiger partial charge in [0.05, 0.1) is 5.69 Å². The average Bonchev–Trinajstić information content (AvgIpc) is 3.28. The van der Waals surface area contributed by atoms with E-state index in [2.05, 4.69) is 65.1 Å². The number of rotatable bonds is 9. The Balaban J connectivity index is 2.08. The molecule has 1 N–H and O–H groups in total. The molecule has 0 radical (unpaired) electrons. The van der Waals surface area contributed by atoms with Crippen molar-refractivity contribution in [3.63, 3.8) is 0 Å². The Labute approximate surface area is 138 Å². The zero-order valence-electron chi connectivity index (χ0n) is 13.7. The van der Waals surface area contributed by atoms with Gasteiger partial charge >= 0.3 is 0 Å². The van der Waals surface area contributed by atoms with E-state index in [0.29, 0.717) is 6.04 Å². The molecule has 1 aliphatic rings. The van der Waals surface area contributed by atoms with Crippen molar-refractivity contribution in [2.75, 3.05) is 24.5 Å². The molecule has 0 amide bonds. The van der Waals surface area contributed by atoms with Crippen molar-refractivity contribution in [2.24, 2.45) is 5.92 Å². The molecule has 0 aliphatic heterocycles.